The molecule has 184 valence electrons. The lowest BCUT2D eigenvalue weighted by atomic mass is 9.76. The van der Waals surface area contributed by atoms with Gasteiger partial charge in [-0.3, -0.25) is 9.79 Å². The van der Waals surface area contributed by atoms with E-state index in [1.54, 1.807) is 32.9 Å². The van der Waals surface area contributed by atoms with E-state index < -0.39 is 23.7 Å². The van der Waals surface area contributed by atoms with Crippen LogP contribution >= 0.6 is 34.8 Å². The first-order valence-corrected chi connectivity index (χ1v) is 11.8. The predicted molar refractivity (Wildman–Crippen MR) is 131 cm³/mol. The van der Waals surface area contributed by atoms with Gasteiger partial charge in [-0.25, -0.2) is 0 Å². The summed E-state index contributed by atoms with van der Waals surface area (Å²) in [6, 6.07) is 9.14. The van der Waals surface area contributed by atoms with Crippen LogP contribution in [0, 0.1) is 0 Å². The van der Waals surface area contributed by atoms with E-state index >= 15 is 0 Å². The Morgan fingerprint density at radius 1 is 1.09 bits per heavy atom. The number of esters is 1. The van der Waals surface area contributed by atoms with E-state index in [1.807, 2.05) is 6.92 Å². The van der Waals surface area contributed by atoms with Crippen molar-refractivity contribution in [1.82, 2.24) is 0 Å². The zero-order valence-electron chi connectivity index (χ0n) is 19.2. The number of ether oxygens (including phenoxy) is 1. The molecule has 0 amide bonds. The average molecular weight is 535 g/mol. The maximum absolute atomic E-state index is 14.4. The Bertz CT molecular complexity index is 1080. The fraction of sp³-hybridized carbons (Fsp3) is 0.440. The number of hydrogen-bond acceptors (Lipinski definition) is 3. The summed E-state index contributed by atoms with van der Waals surface area (Å²) in [5.41, 5.74) is -1.24. The third kappa shape index (κ3) is 5.72. The Labute approximate surface area is 212 Å². The van der Waals surface area contributed by atoms with Crippen LogP contribution < -0.4 is 0 Å². The monoisotopic (exact) mass is 533 g/mol. The number of halogens is 6. The summed E-state index contributed by atoms with van der Waals surface area (Å²) in [6.45, 7) is 6.74. The van der Waals surface area contributed by atoms with Crippen molar-refractivity contribution in [3.63, 3.8) is 0 Å². The second kappa shape index (κ2) is 9.71. The fourth-order valence-corrected chi connectivity index (χ4v) is 4.57. The molecular formula is C25H25Cl3F3NO2. The van der Waals surface area contributed by atoms with Crippen molar-refractivity contribution < 1.29 is 22.7 Å². The van der Waals surface area contributed by atoms with Gasteiger partial charge in [0.15, 0.2) is 0 Å². The SMILES string of the molecule is C[C@H](CC(=O)OC(C)(C)C)c1ccc(C2(C(F)(F)F)CN=C(c3cc(Cl)c(Cl)c(Cl)c3)C2)cc1. The van der Waals surface area contributed by atoms with Gasteiger partial charge in [0.05, 0.1) is 28.0 Å². The third-order valence-corrected chi connectivity index (χ3v) is 6.99. The largest absolute Gasteiger partial charge is 0.460 e. The van der Waals surface area contributed by atoms with Crippen LogP contribution in [0.15, 0.2) is 41.4 Å². The standard InChI is InChI=1S/C25H25Cl3F3NO2/c1-14(9-21(33)34-23(2,3)4)15-5-7-17(8-6-15)24(25(29,30)31)12-20(32-13-24)16-10-18(26)22(28)19(27)11-16/h5-8,10-11,14H,9,12-13H2,1-4H3/t14-,24?/m1/s1. The molecule has 3 rings (SSSR count). The zero-order chi connectivity index (χ0) is 25.5. The van der Waals surface area contributed by atoms with Crippen molar-refractivity contribution in [2.75, 3.05) is 6.54 Å². The van der Waals surface area contributed by atoms with Crippen LogP contribution in [0.1, 0.15) is 63.1 Å². The maximum Gasteiger partial charge on any atom is 0.400 e. The molecule has 2 atom stereocenters. The van der Waals surface area contributed by atoms with Gasteiger partial charge in [-0.05, 0) is 55.5 Å². The molecule has 2 aromatic rings. The number of nitrogens with zero attached hydrogens (tertiary/aromatic N) is 1. The minimum atomic E-state index is -4.54. The molecule has 3 nitrogen and oxygen atoms in total. The van der Waals surface area contributed by atoms with Crippen molar-refractivity contribution in [2.24, 2.45) is 4.99 Å². The molecule has 0 aromatic heterocycles. The molecule has 34 heavy (non-hydrogen) atoms. The number of alkyl halides is 3. The summed E-state index contributed by atoms with van der Waals surface area (Å²) in [4.78, 5) is 16.3. The van der Waals surface area contributed by atoms with Gasteiger partial charge < -0.3 is 4.74 Å². The van der Waals surface area contributed by atoms with Gasteiger partial charge in [-0.2, -0.15) is 13.2 Å². The number of carbonyl (C=O) groups is 1. The molecule has 1 aliphatic heterocycles. The Kier molecular flexibility index (Phi) is 7.66. The zero-order valence-corrected chi connectivity index (χ0v) is 21.5. The first-order valence-electron chi connectivity index (χ1n) is 10.7. The quantitative estimate of drug-likeness (QED) is 0.287. The number of carbonyl (C=O) groups excluding carboxylic acids is 1. The second-order valence-electron chi connectivity index (χ2n) is 9.59. The van der Waals surface area contributed by atoms with Gasteiger partial charge in [0.25, 0.3) is 0 Å². The summed E-state index contributed by atoms with van der Waals surface area (Å²) in [7, 11) is 0. The molecule has 0 fully saturated rings. The summed E-state index contributed by atoms with van der Waals surface area (Å²) in [5, 5.41) is 0.447. The molecule has 0 spiro atoms. The van der Waals surface area contributed by atoms with Gasteiger partial charge >= 0.3 is 12.1 Å². The van der Waals surface area contributed by atoms with Crippen molar-refractivity contribution in [3.05, 3.63) is 68.2 Å². The molecule has 0 radical (unpaired) electrons. The summed E-state index contributed by atoms with van der Waals surface area (Å²) < 4.78 is 48.5. The minimum Gasteiger partial charge on any atom is -0.460 e. The summed E-state index contributed by atoms with van der Waals surface area (Å²) in [5.74, 6) is -0.565. The van der Waals surface area contributed by atoms with Gasteiger partial charge in [-0.15, -0.1) is 0 Å². The third-order valence-electron chi connectivity index (χ3n) is 5.79. The van der Waals surface area contributed by atoms with Crippen LogP contribution in [0.25, 0.3) is 0 Å². The second-order valence-corrected chi connectivity index (χ2v) is 10.8. The number of benzene rings is 2. The molecule has 0 saturated heterocycles. The molecule has 0 saturated carbocycles. The lowest BCUT2D eigenvalue weighted by molar-refractivity contribution is -0.183. The van der Waals surface area contributed by atoms with Gasteiger partial charge in [0.1, 0.15) is 11.0 Å². The summed E-state index contributed by atoms with van der Waals surface area (Å²) in [6.07, 6.45) is -4.76. The molecule has 0 aliphatic carbocycles. The van der Waals surface area contributed by atoms with Crippen molar-refractivity contribution in [2.45, 2.75) is 63.6 Å². The van der Waals surface area contributed by atoms with E-state index in [-0.39, 0.29) is 51.1 Å². The first-order chi connectivity index (χ1) is 15.6. The average Bonchev–Trinajstić information content (AvgIpc) is 3.17. The number of aliphatic imine (C=N–C) groups is 1. The summed E-state index contributed by atoms with van der Waals surface area (Å²) >= 11 is 18.1. The molecule has 2 aromatic carbocycles. The molecule has 1 aliphatic rings. The molecular weight excluding hydrogens is 510 g/mol. The Hall–Kier alpha value is -1.76. The molecule has 0 N–H and O–H groups in total. The van der Waals surface area contributed by atoms with Gasteiger partial charge in [-0.1, -0.05) is 66.0 Å². The molecule has 9 heteroatoms. The van der Waals surface area contributed by atoms with E-state index in [9.17, 15) is 18.0 Å². The van der Waals surface area contributed by atoms with Crippen LogP contribution in [0.5, 0.6) is 0 Å². The van der Waals surface area contributed by atoms with Crippen molar-refractivity contribution in [3.8, 4) is 0 Å². The van der Waals surface area contributed by atoms with Crippen molar-refractivity contribution in [1.29, 1.82) is 0 Å². The van der Waals surface area contributed by atoms with E-state index in [1.165, 1.54) is 24.3 Å². The fourth-order valence-electron chi connectivity index (χ4n) is 3.97. The highest BCUT2D eigenvalue weighted by atomic mass is 35.5. The van der Waals surface area contributed by atoms with E-state index in [0.29, 0.717) is 5.56 Å². The Morgan fingerprint density at radius 2 is 1.65 bits per heavy atom. The van der Waals surface area contributed by atoms with Crippen LogP contribution in [-0.4, -0.2) is 30.0 Å². The van der Waals surface area contributed by atoms with Crippen LogP contribution in [0.3, 0.4) is 0 Å². The van der Waals surface area contributed by atoms with E-state index in [2.05, 4.69) is 4.99 Å². The first kappa shape index (κ1) is 26.8. The molecule has 1 unspecified atom stereocenters. The van der Waals surface area contributed by atoms with E-state index in [0.717, 1.165) is 5.56 Å². The van der Waals surface area contributed by atoms with Crippen LogP contribution in [-0.2, 0) is 14.9 Å². The Morgan fingerprint density at radius 3 is 2.15 bits per heavy atom. The smallest absolute Gasteiger partial charge is 0.400 e. The number of hydrogen-bond donors (Lipinski definition) is 0. The topological polar surface area (TPSA) is 38.7 Å². The lowest BCUT2D eigenvalue weighted by Gasteiger charge is -2.32. The van der Waals surface area contributed by atoms with Crippen LogP contribution in [0.4, 0.5) is 13.2 Å². The normalized spacial score (nSPS) is 19.6. The highest BCUT2D eigenvalue weighted by Gasteiger charge is 2.58. The highest BCUT2D eigenvalue weighted by Crippen LogP contribution is 2.48. The van der Waals surface area contributed by atoms with Gasteiger partial charge in [0, 0.05) is 12.1 Å². The lowest BCUT2D eigenvalue weighted by Crippen LogP contribution is -2.43. The van der Waals surface area contributed by atoms with Gasteiger partial charge in [0.2, 0.25) is 0 Å². The Balaban J connectivity index is 1.84. The molecule has 0 bridgehead atoms. The predicted octanol–water partition coefficient (Wildman–Crippen LogP) is 8.18. The maximum atomic E-state index is 14.4. The minimum absolute atomic E-state index is 0.109. The van der Waals surface area contributed by atoms with E-state index in [4.69, 9.17) is 39.5 Å². The van der Waals surface area contributed by atoms with Crippen molar-refractivity contribution >= 4 is 46.5 Å². The molecule has 1 heterocycles. The number of rotatable bonds is 5. The highest BCUT2D eigenvalue weighted by molar-refractivity contribution is 6.48. The van der Waals surface area contributed by atoms with Crippen LogP contribution in [0.2, 0.25) is 15.1 Å².